The van der Waals surface area contributed by atoms with Gasteiger partial charge in [0.2, 0.25) is 6.20 Å². The van der Waals surface area contributed by atoms with Gasteiger partial charge in [-0.3, -0.25) is 5.27 Å². The predicted molar refractivity (Wildman–Crippen MR) is 89.9 cm³/mol. The number of hydrogen-bond acceptors (Lipinski definition) is 4. The molecule has 0 fully saturated rings. The fourth-order valence-electron chi connectivity index (χ4n) is 1.95. The fraction of sp³-hybridized carbons (Fsp3) is 0.176. The molecule has 3 aromatic rings. The maximum Gasteiger partial charge on any atom is 0.566 e. The summed E-state index contributed by atoms with van der Waals surface area (Å²) in [6.45, 7) is 3.87. The first-order chi connectivity index (χ1) is 12.0. The molecule has 7 nitrogen and oxygen atoms in total. The van der Waals surface area contributed by atoms with Crippen LogP contribution in [0.1, 0.15) is 19.9 Å². The van der Waals surface area contributed by atoms with Crippen molar-refractivity contribution in [2.75, 3.05) is 0 Å². The number of benzene rings is 2. The lowest BCUT2D eigenvalue weighted by atomic mass is 10.3. The van der Waals surface area contributed by atoms with E-state index in [4.69, 9.17) is 13.6 Å². The topological polar surface area (TPSA) is 79.0 Å². The molecule has 0 saturated carbocycles. The van der Waals surface area contributed by atoms with E-state index in [9.17, 15) is 4.57 Å². The first-order valence-electron chi connectivity index (χ1n) is 7.75. The molecule has 25 heavy (non-hydrogen) atoms. The van der Waals surface area contributed by atoms with Crippen LogP contribution >= 0.6 is 7.75 Å². The maximum absolute atomic E-state index is 13.2. The van der Waals surface area contributed by atoms with Crippen molar-refractivity contribution in [2.24, 2.45) is 4.76 Å². The van der Waals surface area contributed by atoms with Crippen LogP contribution in [-0.2, 0) is 4.57 Å². The minimum absolute atomic E-state index is 0.0592. The number of hydrogen-bond donors (Lipinski definition) is 0. The quantitative estimate of drug-likeness (QED) is 0.498. The summed E-state index contributed by atoms with van der Waals surface area (Å²) in [6, 6.07) is 17.5. The van der Waals surface area contributed by atoms with Crippen LogP contribution in [0.3, 0.4) is 0 Å². The first-order valence-corrected chi connectivity index (χ1v) is 9.24. The minimum atomic E-state index is -3.92. The Morgan fingerprint density at radius 2 is 1.52 bits per heavy atom. The van der Waals surface area contributed by atoms with Crippen molar-refractivity contribution in [3.8, 4) is 11.5 Å². The maximum atomic E-state index is 13.2. The molecule has 0 amide bonds. The smallest absolute Gasteiger partial charge is 0.486 e. The molecule has 0 saturated heterocycles. The van der Waals surface area contributed by atoms with Crippen LogP contribution in [0, 0.1) is 0 Å². The van der Waals surface area contributed by atoms with Gasteiger partial charge in [0.05, 0.1) is 0 Å². The summed E-state index contributed by atoms with van der Waals surface area (Å²) in [4.78, 5) is 0. The molecule has 0 spiro atoms. The van der Waals surface area contributed by atoms with Crippen molar-refractivity contribution in [1.82, 2.24) is 5.27 Å². The third-order valence-electron chi connectivity index (χ3n) is 3.15. The summed E-state index contributed by atoms with van der Waals surface area (Å²) >= 11 is 0. The first kappa shape index (κ1) is 17.0. The standard InChI is InChI=1S/C17H18N3O4P/c1-14(2)20-13-17(22-19-20)18-25(21,23-15-9-5-3-6-10-15)24-16-11-7-4-8-12-16/h3-14H,1-2H3/b18-17-. The van der Waals surface area contributed by atoms with Gasteiger partial charge < -0.3 is 13.6 Å². The van der Waals surface area contributed by atoms with Crippen LogP contribution in [-0.4, -0.2) is 0 Å². The molecular formula is C17H18N3O4P. The number of para-hydroxylation sites is 2. The Kier molecular flexibility index (Phi) is 5.05. The SMILES string of the molecule is CC(C)[n+]1c/c(=N/P(=O)(Oc2ccccc2)Oc2ccccc2)o[n-]1. The molecule has 0 N–H and O–H groups in total. The highest BCUT2D eigenvalue weighted by Crippen LogP contribution is 2.49. The average molecular weight is 359 g/mol. The molecular weight excluding hydrogens is 341 g/mol. The molecule has 1 heterocycles. The highest BCUT2D eigenvalue weighted by molar-refractivity contribution is 7.53. The minimum Gasteiger partial charge on any atom is -0.486 e. The number of rotatable bonds is 6. The highest BCUT2D eigenvalue weighted by atomic mass is 31.2. The Labute approximate surface area is 145 Å². The van der Waals surface area contributed by atoms with Gasteiger partial charge in [-0.05, 0) is 38.1 Å². The zero-order chi connectivity index (χ0) is 17.7. The number of aromatic nitrogens is 2. The normalized spacial score (nSPS) is 12.4. The summed E-state index contributed by atoms with van der Waals surface area (Å²) in [7, 11) is -3.92. The van der Waals surface area contributed by atoms with Gasteiger partial charge in [-0.2, -0.15) is 0 Å². The second-order valence-corrected chi connectivity index (χ2v) is 6.99. The Balaban J connectivity index is 1.97. The zero-order valence-electron chi connectivity index (χ0n) is 13.9. The molecule has 130 valence electrons. The van der Waals surface area contributed by atoms with Crippen molar-refractivity contribution in [3.05, 3.63) is 72.4 Å². The van der Waals surface area contributed by atoms with E-state index in [1.54, 1.807) is 59.4 Å². The van der Waals surface area contributed by atoms with Crippen molar-refractivity contribution in [3.63, 3.8) is 0 Å². The van der Waals surface area contributed by atoms with E-state index in [0.29, 0.717) is 11.5 Å². The summed E-state index contributed by atoms with van der Waals surface area (Å²) in [5, 5.41) is 3.83. The lowest BCUT2D eigenvalue weighted by Crippen LogP contribution is -2.39. The molecule has 0 atom stereocenters. The van der Waals surface area contributed by atoms with E-state index in [1.807, 2.05) is 26.0 Å². The molecule has 0 aliphatic carbocycles. The van der Waals surface area contributed by atoms with E-state index < -0.39 is 7.75 Å². The van der Waals surface area contributed by atoms with Gasteiger partial charge in [0.15, 0.2) is 0 Å². The van der Waals surface area contributed by atoms with E-state index >= 15 is 0 Å². The Morgan fingerprint density at radius 1 is 1.00 bits per heavy atom. The fourth-order valence-corrected chi connectivity index (χ4v) is 3.17. The Morgan fingerprint density at radius 3 is 1.96 bits per heavy atom. The van der Waals surface area contributed by atoms with Gasteiger partial charge in [0, 0.05) is 0 Å². The van der Waals surface area contributed by atoms with Crippen molar-refractivity contribution in [2.45, 2.75) is 19.9 Å². The van der Waals surface area contributed by atoms with Gasteiger partial charge >= 0.3 is 7.75 Å². The molecule has 8 heteroatoms. The van der Waals surface area contributed by atoms with Gasteiger partial charge in [0.1, 0.15) is 17.5 Å². The lowest BCUT2D eigenvalue weighted by Gasteiger charge is -2.14. The van der Waals surface area contributed by atoms with Crippen molar-refractivity contribution in [1.29, 1.82) is 0 Å². The van der Waals surface area contributed by atoms with E-state index in [2.05, 4.69) is 10.0 Å². The van der Waals surface area contributed by atoms with Crippen LogP contribution in [0.2, 0.25) is 0 Å². The summed E-state index contributed by atoms with van der Waals surface area (Å²) in [6.07, 6.45) is 1.54. The van der Waals surface area contributed by atoms with E-state index in [-0.39, 0.29) is 11.6 Å². The van der Waals surface area contributed by atoms with E-state index in [0.717, 1.165) is 0 Å². The van der Waals surface area contributed by atoms with Gasteiger partial charge in [-0.1, -0.05) is 36.4 Å². The van der Waals surface area contributed by atoms with Crippen LogP contribution in [0.25, 0.3) is 0 Å². The second kappa shape index (κ2) is 7.40. The summed E-state index contributed by atoms with van der Waals surface area (Å²) in [5.74, 6) is 0.753. The van der Waals surface area contributed by atoms with Gasteiger partial charge in [-0.25, -0.2) is 9.25 Å². The summed E-state index contributed by atoms with van der Waals surface area (Å²) in [5.41, 5.74) is 0.0592. The third-order valence-corrected chi connectivity index (χ3v) is 4.47. The van der Waals surface area contributed by atoms with Crippen molar-refractivity contribution >= 4 is 7.75 Å². The van der Waals surface area contributed by atoms with Crippen LogP contribution in [0.5, 0.6) is 11.5 Å². The summed E-state index contributed by atoms with van der Waals surface area (Å²) < 4.78 is 35.0. The van der Waals surface area contributed by atoms with Crippen LogP contribution < -0.4 is 24.6 Å². The van der Waals surface area contributed by atoms with Gasteiger partial charge in [0.25, 0.3) is 5.55 Å². The average Bonchev–Trinajstić information content (AvgIpc) is 3.05. The molecule has 0 radical (unpaired) electrons. The van der Waals surface area contributed by atoms with Gasteiger partial charge in [-0.15, -0.1) is 4.76 Å². The lowest BCUT2D eigenvalue weighted by molar-refractivity contribution is -0.784. The predicted octanol–water partition coefficient (Wildman–Crippen LogP) is 3.27. The largest absolute Gasteiger partial charge is 0.566 e. The van der Waals surface area contributed by atoms with Crippen LogP contribution in [0.4, 0.5) is 0 Å². The highest BCUT2D eigenvalue weighted by Gasteiger charge is 2.29. The molecule has 0 unspecified atom stereocenters. The Hall–Kier alpha value is -2.79. The molecule has 1 aromatic heterocycles. The molecule has 0 bridgehead atoms. The number of nitrogens with zero attached hydrogens (tertiary/aromatic N) is 3. The van der Waals surface area contributed by atoms with E-state index in [1.165, 1.54) is 0 Å². The monoisotopic (exact) mass is 359 g/mol. The third kappa shape index (κ3) is 4.61. The molecule has 0 aliphatic heterocycles. The van der Waals surface area contributed by atoms with Crippen molar-refractivity contribution < 1.29 is 22.8 Å². The molecule has 0 aliphatic rings. The Bertz CT molecular complexity index is 874. The van der Waals surface area contributed by atoms with Crippen LogP contribution in [0.15, 0.2) is 76.1 Å². The zero-order valence-corrected chi connectivity index (χ0v) is 14.7. The molecule has 3 rings (SSSR count). The second-order valence-electron chi connectivity index (χ2n) is 5.49. The molecule has 2 aromatic carbocycles.